The number of aromatic carboxylic acids is 1. The second kappa shape index (κ2) is 8.08. The van der Waals surface area contributed by atoms with Crippen LogP contribution < -0.4 is 10.6 Å². The van der Waals surface area contributed by atoms with Gasteiger partial charge in [-0.25, -0.2) is 9.59 Å². The van der Waals surface area contributed by atoms with Crippen LogP contribution in [0.1, 0.15) is 38.7 Å². The number of carboxylic acids is 1. The molecule has 1 aliphatic heterocycles. The average molecular weight is 423 g/mol. The Hall–Kier alpha value is -2.77. The first-order valence-electron chi connectivity index (χ1n) is 8.28. The molecule has 0 spiro atoms. The third-order valence-electron chi connectivity index (χ3n) is 4.44. The van der Waals surface area contributed by atoms with Gasteiger partial charge in [-0.1, -0.05) is 35.3 Å². The monoisotopic (exact) mass is 422 g/mol. The lowest BCUT2D eigenvalue weighted by atomic mass is 9.92. The zero-order chi connectivity index (χ0) is 20.4. The zero-order valence-corrected chi connectivity index (χ0v) is 16.2. The van der Waals surface area contributed by atoms with Crippen molar-refractivity contribution in [3.63, 3.8) is 0 Å². The van der Waals surface area contributed by atoms with E-state index in [1.54, 1.807) is 12.1 Å². The summed E-state index contributed by atoms with van der Waals surface area (Å²) in [4.78, 5) is 36.2. The molecule has 146 valence electrons. The Bertz CT molecular complexity index is 963. The molecule has 0 bridgehead atoms. The number of benzene rings is 2. The van der Waals surface area contributed by atoms with Gasteiger partial charge < -0.3 is 20.5 Å². The van der Waals surface area contributed by atoms with Crippen LogP contribution in [0.15, 0.2) is 36.4 Å². The van der Waals surface area contributed by atoms with Gasteiger partial charge in [0, 0.05) is 27.7 Å². The second-order valence-electron chi connectivity index (χ2n) is 6.18. The maximum Gasteiger partial charge on any atom is 0.336 e. The highest BCUT2D eigenvalue weighted by molar-refractivity contribution is 6.35. The van der Waals surface area contributed by atoms with Gasteiger partial charge in [0.05, 0.1) is 24.3 Å². The Morgan fingerprint density at radius 2 is 1.86 bits per heavy atom. The number of carboxylic acid groups (broad SMARTS) is 1. The fraction of sp³-hybridized carbons (Fsp3) is 0.211. The van der Waals surface area contributed by atoms with Crippen molar-refractivity contribution in [2.45, 2.75) is 18.5 Å². The van der Waals surface area contributed by atoms with E-state index < -0.39 is 29.9 Å². The van der Waals surface area contributed by atoms with Gasteiger partial charge in [-0.15, -0.1) is 0 Å². The summed E-state index contributed by atoms with van der Waals surface area (Å²) in [7, 11) is 1.27. The van der Waals surface area contributed by atoms with E-state index in [-0.39, 0.29) is 17.5 Å². The normalized spacial score (nSPS) is 17.8. The lowest BCUT2D eigenvalue weighted by Crippen LogP contribution is -2.42. The van der Waals surface area contributed by atoms with Gasteiger partial charge in [-0.2, -0.15) is 0 Å². The Balaban J connectivity index is 1.98. The van der Waals surface area contributed by atoms with Crippen LogP contribution in [0.25, 0.3) is 0 Å². The summed E-state index contributed by atoms with van der Waals surface area (Å²) >= 11 is 12.4. The number of rotatable bonds is 4. The number of carbonyl (C=O) groups is 3. The Kier molecular flexibility index (Phi) is 5.76. The lowest BCUT2D eigenvalue weighted by molar-refractivity contribution is -0.141. The van der Waals surface area contributed by atoms with E-state index in [4.69, 9.17) is 27.9 Å². The minimum absolute atomic E-state index is 0.00906. The summed E-state index contributed by atoms with van der Waals surface area (Å²) in [6, 6.07) is 7.62. The third-order valence-corrected chi connectivity index (χ3v) is 4.97. The molecule has 3 N–H and O–H groups in total. The van der Waals surface area contributed by atoms with Crippen LogP contribution in [-0.4, -0.2) is 36.1 Å². The van der Waals surface area contributed by atoms with E-state index in [1.165, 1.54) is 31.4 Å². The zero-order valence-electron chi connectivity index (χ0n) is 14.7. The quantitative estimate of drug-likeness (QED) is 0.650. The second-order valence-corrected chi connectivity index (χ2v) is 7.03. The van der Waals surface area contributed by atoms with Crippen molar-refractivity contribution in [3.05, 3.63) is 63.1 Å². The van der Waals surface area contributed by atoms with Gasteiger partial charge >= 0.3 is 11.9 Å². The number of hydrogen-bond donors (Lipinski definition) is 3. The first-order valence-corrected chi connectivity index (χ1v) is 9.04. The highest BCUT2D eigenvalue weighted by Crippen LogP contribution is 2.40. The summed E-state index contributed by atoms with van der Waals surface area (Å²) < 4.78 is 4.80. The van der Waals surface area contributed by atoms with Crippen molar-refractivity contribution in [1.29, 1.82) is 0 Å². The van der Waals surface area contributed by atoms with Crippen LogP contribution >= 0.6 is 23.2 Å². The molecule has 0 unspecified atom stereocenters. The number of ether oxygens (including phenoxy) is 1. The fourth-order valence-electron chi connectivity index (χ4n) is 3.19. The number of nitrogens with one attached hydrogen (secondary N) is 2. The standard InChI is InChI=1S/C19H16Cl2N2O5/c1-28-19(27)15-8-14(16-12(21)6-9(20)7-13(16)22-15)23-17(24)10-4-2-3-5-11(10)18(25)26/h2-7,14-15,22H,8H2,1H3,(H,23,24)(H,25,26)/t14-,15+/m0/s1. The highest BCUT2D eigenvalue weighted by Gasteiger charge is 2.34. The maximum atomic E-state index is 12.8. The van der Waals surface area contributed by atoms with E-state index >= 15 is 0 Å². The summed E-state index contributed by atoms with van der Waals surface area (Å²) in [5.74, 6) is -2.31. The van der Waals surface area contributed by atoms with E-state index in [1.807, 2.05) is 0 Å². The van der Waals surface area contributed by atoms with E-state index in [0.29, 0.717) is 21.3 Å². The van der Waals surface area contributed by atoms with Crippen molar-refractivity contribution >= 4 is 46.7 Å². The van der Waals surface area contributed by atoms with Crippen molar-refractivity contribution in [3.8, 4) is 0 Å². The molecule has 28 heavy (non-hydrogen) atoms. The maximum absolute atomic E-state index is 12.8. The molecule has 2 atom stereocenters. The molecule has 1 amide bonds. The predicted octanol–water partition coefficient (Wildman–Crippen LogP) is 3.52. The molecule has 9 heteroatoms. The topological polar surface area (TPSA) is 105 Å². The SMILES string of the molecule is COC(=O)[C@H]1C[C@H](NC(=O)c2ccccc2C(=O)O)c2c(Cl)cc(Cl)cc2N1. The minimum atomic E-state index is -1.21. The molecule has 1 aliphatic rings. The first kappa shape index (κ1) is 20.0. The molecule has 0 fully saturated rings. The largest absolute Gasteiger partial charge is 0.478 e. The number of carbonyl (C=O) groups excluding carboxylic acids is 2. The van der Waals surface area contributed by atoms with Gasteiger partial charge in [-0.3, -0.25) is 4.79 Å². The fourth-order valence-corrected chi connectivity index (χ4v) is 3.82. The molecule has 0 aliphatic carbocycles. The number of anilines is 1. The molecule has 2 aromatic carbocycles. The lowest BCUT2D eigenvalue weighted by Gasteiger charge is -2.33. The number of esters is 1. The number of hydrogen-bond acceptors (Lipinski definition) is 5. The molecule has 2 aromatic rings. The van der Waals surface area contributed by atoms with Crippen molar-refractivity contribution in [2.24, 2.45) is 0 Å². The molecule has 0 aromatic heterocycles. The van der Waals surface area contributed by atoms with Crippen LogP contribution in [0.5, 0.6) is 0 Å². The van der Waals surface area contributed by atoms with Gasteiger partial charge in [0.15, 0.2) is 0 Å². The summed E-state index contributed by atoms with van der Waals surface area (Å²) in [6.07, 6.45) is 0.169. The number of halogens is 2. The van der Waals surface area contributed by atoms with Gasteiger partial charge in [0.2, 0.25) is 0 Å². The van der Waals surface area contributed by atoms with E-state index in [2.05, 4.69) is 10.6 Å². The van der Waals surface area contributed by atoms with Crippen LogP contribution in [0, 0.1) is 0 Å². The van der Waals surface area contributed by atoms with Gasteiger partial charge in [-0.05, 0) is 24.3 Å². The predicted molar refractivity (Wildman–Crippen MR) is 104 cm³/mol. The molecular weight excluding hydrogens is 407 g/mol. The molecule has 0 saturated heterocycles. The van der Waals surface area contributed by atoms with Gasteiger partial charge in [0.25, 0.3) is 5.91 Å². The molecule has 1 heterocycles. The van der Waals surface area contributed by atoms with Crippen LogP contribution in [0.2, 0.25) is 10.0 Å². The van der Waals surface area contributed by atoms with Crippen molar-refractivity contribution in [2.75, 3.05) is 12.4 Å². The van der Waals surface area contributed by atoms with Crippen molar-refractivity contribution in [1.82, 2.24) is 5.32 Å². The number of fused-ring (bicyclic) bond motifs is 1. The molecule has 0 radical (unpaired) electrons. The van der Waals surface area contributed by atoms with Gasteiger partial charge in [0.1, 0.15) is 6.04 Å². The number of amides is 1. The van der Waals surface area contributed by atoms with E-state index in [9.17, 15) is 19.5 Å². The van der Waals surface area contributed by atoms with Crippen LogP contribution in [-0.2, 0) is 9.53 Å². The van der Waals surface area contributed by atoms with Crippen LogP contribution in [0.3, 0.4) is 0 Å². The minimum Gasteiger partial charge on any atom is -0.478 e. The van der Waals surface area contributed by atoms with E-state index in [0.717, 1.165) is 0 Å². The molecule has 0 saturated carbocycles. The number of methoxy groups -OCH3 is 1. The summed E-state index contributed by atoms with van der Waals surface area (Å²) in [6.45, 7) is 0. The average Bonchev–Trinajstić information content (AvgIpc) is 2.66. The smallest absolute Gasteiger partial charge is 0.336 e. The summed E-state index contributed by atoms with van der Waals surface area (Å²) in [5, 5.41) is 15.8. The molecular formula is C19H16Cl2N2O5. The molecule has 3 rings (SSSR count). The highest BCUT2D eigenvalue weighted by atomic mass is 35.5. The van der Waals surface area contributed by atoms with Crippen molar-refractivity contribution < 1.29 is 24.2 Å². The first-order chi connectivity index (χ1) is 13.3. The molecule has 7 nitrogen and oxygen atoms in total. The Morgan fingerprint density at radius 1 is 1.18 bits per heavy atom. The third kappa shape index (κ3) is 3.90. The Morgan fingerprint density at radius 3 is 2.50 bits per heavy atom. The van der Waals surface area contributed by atoms with Crippen LogP contribution in [0.4, 0.5) is 5.69 Å². The summed E-state index contributed by atoms with van der Waals surface area (Å²) in [5.41, 5.74) is 0.944. The Labute approximate surface area is 170 Å².